The maximum absolute atomic E-state index is 12.2. The van der Waals surface area contributed by atoms with Crippen molar-refractivity contribution in [2.75, 3.05) is 32.7 Å². The van der Waals surface area contributed by atoms with Gasteiger partial charge in [0.05, 0.1) is 12.1 Å². The molecular weight excluding hydrogens is 228 g/mol. The van der Waals surface area contributed by atoms with Crippen molar-refractivity contribution >= 4 is 5.91 Å². The highest BCUT2D eigenvalue weighted by molar-refractivity contribution is 5.78. The van der Waals surface area contributed by atoms with Crippen molar-refractivity contribution < 1.29 is 9.90 Å². The van der Waals surface area contributed by atoms with E-state index in [1.54, 1.807) is 18.7 Å². The molecule has 1 rings (SSSR count). The molecule has 1 aliphatic heterocycles. The second-order valence-corrected chi connectivity index (χ2v) is 6.18. The minimum absolute atomic E-state index is 0.133. The van der Waals surface area contributed by atoms with Gasteiger partial charge >= 0.3 is 0 Å². The Morgan fingerprint density at radius 3 is 2.39 bits per heavy atom. The second-order valence-electron chi connectivity index (χ2n) is 6.18. The van der Waals surface area contributed by atoms with Crippen molar-refractivity contribution in [3.63, 3.8) is 0 Å². The number of piperidine rings is 1. The van der Waals surface area contributed by atoms with Gasteiger partial charge in [-0.1, -0.05) is 6.92 Å². The van der Waals surface area contributed by atoms with Crippen molar-refractivity contribution in [2.45, 2.75) is 46.1 Å². The first-order chi connectivity index (χ1) is 8.31. The summed E-state index contributed by atoms with van der Waals surface area (Å²) in [6.07, 6.45) is 2.37. The molecule has 0 aromatic heterocycles. The number of hydrogen-bond donors (Lipinski definition) is 1. The summed E-state index contributed by atoms with van der Waals surface area (Å²) in [4.78, 5) is 16.2. The number of likely N-dealkylation sites (tertiary alicyclic amines) is 1. The van der Waals surface area contributed by atoms with Gasteiger partial charge in [0.2, 0.25) is 5.91 Å². The van der Waals surface area contributed by atoms with Crippen LogP contribution in [0.2, 0.25) is 0 Å². The van der Waals surface area contributed by atoms with Crippen LogP contribution in [-0.2, 0) is 4.79 Å². The topological polar surface area (TPSA) is 43.8 Å². The number of nitrogens with zero attached hydrogens (tertiary/aromatic N) is 2. The zero-order chi connectivity index (χ0) is 13.8. The van der Waals surface area contributed by atoms with E-state index in [0.717, 1.165) is 19.0 Å². The fraction of sp³-hybridized carbons (Fsp3) is 0.929. The summed E-state index contributed by atoms with van der Waals surface area (Å²) >= 11 is 0. The van der Waals surface area contributed by atoms with E-state index in [-0.39, 0.29) is 5.91 Å². The molecule has 1 aliphatic rings. The van der Waals surface area contributed by atoms with Crippen LogP contribution < -0.4 is 0 Å². The van der Waals surface area contributed by atoms with Crippen LogP contribution in [0.5, 0.6) is 0 Å². The number of carbonyl (C=O) groups is 1. The predicted molar refractivity (Wildman–Crippen MR) is 73.4 cm³/mol. The molecule has 1 fully saturated rings. The molecule has 4 heteroatoms. The largest absolute Gasteiger partial charge is 0.389 e. The highest BCUT2D eigenvalue weighted by atomic mass is 16.3. The fourth-order valence-electron chi connectivity index (χ4n) is 2.35. The van der Waals surface area contributed by atoms with E-state index in [4.69, 9.17) is 0 Å². The van der Waals surface area contributed by atoms with Crippen LogP contribution in [0.3, 0.4) is 0 Å². The predicted octanol–water partition coefficient (Wildman–Crippen LogP) is 1.34. The molecule has 0 aliphatic carbocycles. The molecule has 106 valence electrons. The van der Waals surface area contributed by atoms with E-state index < -0.39 is 5.60 Å². The molecule has 0 spiro atoms. The zero-order valence-electron chi connectivity index (χ0n) is 12.3. The zero-order valence-corrected chi connectivity index (χ0v) is 12.3. The Morgan fingerprint density at radius 2 is 1.94 bits per heavy atom. The molecule has 0 radical (unpaired) electrons. The number of amides is 1. The van der Waals surface area contributed by atoms with E-state index in [9.17, 15) is 9.90 Å². The van der Waals surface area contributed by atoms with Crippen molar-refractivity contribution in [1.82, 2.24) is 9.80 Å². The van der Waals surface area contributed by atoms with E-state index in [1.165, 1.54) is 12.8 Å². The van der Waals surface area contributed by atoms with Gasteiger partial charge in [0.25, 0.3) is 0 Å². The first-order valence-electron chi connectivity index (χ1n) is 7.04. The average Bonchev–Trinajstić information content (AvgIpc) is 2.27. The van der Waals surface area contributed by atoms with Crippen LogP contribution in [0, 0.1) is 5.92 Å². The van der Waals surface area contributed by atoms with E-state index in [1.807, 2.05) is 6.92 Å². The Kier molecular flexibility index (Phi) is 5.60. The normalized spacial score (nSPS) is 18.9. The molecule has 0 aromatic carbocycles. The summed E-state index contributed by atoms with van der Waals surface area (Å²) in [6.45, 7) is 11.3. The first-order valence-corrected chi connectivity index (χ1v) is 7.04. The summed E-state index contributed by atoms with van der Waals surface area (Å²) in [5.41, 5.74) is -0.817. The van der Waals surface area contributed by atoms with Crippen LogP contribution in [0.15, 0.2) is 0 Å². The van der Waals surface area contributed by atoms with Gasteiger partial charge in [-0.15, -0.1) is 0 Å². The lowest BCUT2D eigenvalue weighted by molar-refractivity contribution is -0.135. The van der Waals surface area contributed by atoms with Gasteiger partial charge in [0, 0.05) is 13.1 Å². The SMILES string of the molecule is CCN(CC(C)(C)O)C(=O)CN1CCC(C)CC1. The molecule has 0 atom stereocenters. The van der Waals surface area contributed by atoms with Crippen LogP contribution in [0.4, 0.5) is 0 Å². The van der Waals surface area contributed by atoms with Gasteiger partial charge in [0.15, 0.2) is 0 Å². The minimum Gasteiger partial charge on any atom is -0.389 e. The third kappa shape index (κ3) is 5.36. The Morgan fingerprint density at radius 1 is 1.39 bits per heavy atom. The van der Waals surface area contributed by atoms with E-state index >= 15 is 0 Å². The molecule has 0 bridgehead atoms. The van der Waals surface area contributed by atoms with Crippen LogP contribution in [-0.4, -0.2) is 59.1 Å². The molecule has 4 nitrogen and oxygen atoms in total. The van der Waals surface area contributed by atoms with Crippen molar-refractivity contribution in [3.8, 4) is 0 Å². The van der Waals surface area contributed by atoms with Gasteiger partial charge < -0.3 is 10.0 Å². The van der Waals surface area contributed by atoms with Crippen molar-refractivity contribution in [3.05, 3.63) is 0 Å². The van der Waals surface area contributed by atoms with E-state index in [2.05, 4.69) is 11.8 Å². The summed E-state index contributed by atoms with van der Waals surface area (Å²) in [7, 11) is 0. The summed E-state index contributed by atoms with van der Waals surface area (Å²) in [5, 5.41) is 9.80. The molecule has 0 saturated carbocycles. The van der Waals surface area contributed by atoms with Crippen LogP contribution >= 0.6 is 0 Å². The Balaban J connectivity index is 2.42. The van der Waals surface area contributed by atoms with Gasteiger partial charge in [-0.25, -0.2) is 0 Å². The molecule has 1 saturated heterocycles. The lowest BCUT2D eigenvalue weighted by atomic mass is 9.99. The van der Waals surface area contributed by atoms with E-state index in [0.29, 0.717) is 19.6 Å². The molecule has 1 N–H and O–H groups in total. The Bertz CT molecular complexity index is 265. The summed E-state index contributed by atoms with van der Waals surface area (Å²) in [5.74, 6) is 0.921. The second kappa shape index (κ2) is 6.53. The number of likely N-dealkylation sites (N-methyl/N-ethyl adjacent to an activating group) is 1. The minimum atomic E-state index is -0.817. The lowest BCUT2D eigenvalue weighted by Crippen LogP contribution is -2.47. The highest BCUT2D eigenvalue weighted by Crippen LogP contribution is 2.16. The van der Waals surface area contributed by atoms with Crippen molar-refractivity contribution in [1.29, 1.82) is 0 Å². The standard InChI is InChI=1S/C14H28N2O2/c1-5-16(11-14(3,4)18)13(17)10-15-8-6-12(2)7-9-15/h12,18H,5-11H2,1-4H3. The van der Waals surface area contributed by atoms with Gasteiger partial charge in [-0.2, -0.15) is 0 Å². The third-order valence-corrected chi connectivity index (χ3v) is 3.55. The number of aliphatic hydroxyl groups is 1. The average molecular weight is 256 g/mol. The Labute approximate surface area is 111 Å². The molecule has 1 heterocycles. The monoisotopic (exact) mass is 256 g/mol. The molecule has 1 amide bonds. The molecule has 18 heavy (non-hydrogen) atoms. The summed E-state index contributed by atoms with van der Waals surface area (Å²) < 4.78 is 0. The van der Waals surface area contributed by atoms with Crippen LogP contribution in [0.25, 0.3) is 0 Å². The smallest absolute Gasteiger partial charge is 0.236 e. The van der Waals surface area contributed by atoms with Crippen LogP contribution in [0.1, 0.15) is 40.5 Å². The maximum atomic E-state index is 12.2. The first kappa shape index (κ1) is 15.4. The quantitative estimate of drug-likeness (QED) is 0.807. The van der Waals surface area contributed by atoms with Crippen molar-refractivity contribution in [2.24, 2.45) is 5.92 Å². The van der Waals surface area contributed by atoms with Gasteiger partial charge in [-0.3, -0.25) is 9.69 Å². The van der Waals surface area contributed by atoms with Gasteiger partial charge in [0.1, 0.15) is 0 Å². The fourth-order valence-corrected chi connectivity index (χ4v) is 2.35. The Hall–Kier alpha value is -0.610. The number of rotatable bonds is 5. The molecule has 0 unspecified atom stereocenters. The maximum Gasteiger partial charge on any atom is 0.236 e. The number of carbonyl (C=O) groups excluding carboxylic acids is 1. The third-order valence-electron chi connectivity index (χ3n) is 3.55. The van der Waals surface area contributed by atoms with Gasteiger partial charge in [-0.05, 0) is 52.6 Å². The molecule has 0 aromatic rings. The molecular formula is C14H28N2O2. The number of hydrogen-bond acceptors (Lipinski definition) is 3. The lowest BCUT2D eigenvalue weighted by Gasteiger charge is -2.33. The summed E-state index contributed by atoms with van der Waals surface area (Å²) in [6, 6.07) is 0. The highest BCUT2D eigenvalue weighted by Gasteiger charge is 2.24.